The fourth-order valence-electron chi connectivity index (χ4n) is 3.84. The van der Waals surface area contributed by atoms with E-state index in [1.165, 1.54) is 0 Å². The molecule has 1 atom stereocenters. The van der Waals surface area contributed by atoms with Gasteiger partial charge in [0.05, 0.1) is 11.3 Å². The fourth-order valence-corrected chi connectivity index (χ4v) is 3.84. The van der Waals surface area contributed by atoms with Gasteiger partial charge in [0.15, 0.2) is 0 Å². The van der Waals surface area contributed by atoms with Crippen LogP contribution < -0.4 is 5.32 Å². The third-order valence-electron chi connectivity index (χ3n) is 5.67. The first-order valence-electron chi connectivity index (χ1n) is 10.5. The van der Waals surface area contributed by atoms with E-state index < -0.39 is 0 Å². The molecule has 0 radical (unpaired) electrons. The maximum atomic E-state index is 12.6. The molecule has 0 bridgehead atoms. The van der Waals surface area contributed by atoms with E-state index in [0.717, 1.165) is 17.9 Å². The number of amides is 2. The highest BCUT2D eigenvalue weighted by atomic mass is 16.2. The van der Waals surface area contributed by atoms with E-state index in [4.69, 9.17) is 0 Å². The number of nitrogens with zero attached hydrogens (tertiary/aromatic N) is 5. The Kier molecular flexibility index (Phi) is 6.06. The normalized spacial score (nSPS) is 15.8. The van der Waals surface area contributed by atoms with Crippen LogP contribution in [-0.4, -0.2) is 49.3 Å². The molecule has 1 aliphatic heterocycles. The maximum Gasteiger partial charge on any atom is 0.259 e. The Morgan fingerprint density at radius 1 is 1.16 bits per heavy atom. The Balaban J connectivity index is 1.35. The molecule has 1 saturated heterocycles. The first-order chi connectivity index (χ1) is 15.0. The van der Waals surface area contributed by atoms with Gasteiger partial charge in [0.1, 0.15) is 11.6 Å². The Bertz CT molecular complexity index is 1080. The molecule has 3 heterocycles. The smallest absolute Gasteiger partial charge is 0.259 e. The lowest BCUT2D eigenvalue weighted by molar-refractivity contribution is -0.130. The van der Waals surface area contributed by atoms with E-state index in [9.17, 15) is 9.59 Å². The summed E-state index contributed by atoms with van der Waals surface area (Å²) in [5.41, 5.74) is 1.82. The van der Waals surface area contributed by atoms with Crippen molar-refractivity contribution in [1.29, 1.82) is 0 Å². The number of para-hydroxylation sites is 1. The second kappa shape index (κ2) is 9.07. The molecule has 1 fully saturated rings. The highest BCUT2D eigenvalue weighted by molar-refractivity contribution is 6.04. The Hall–Kier alpha value is -3.55. The van der Waals surface area contributed by atoms with Crippen LogP contribution in [0.3, 0.4) is 0 Å². The molecule has 1 aliphatic rings. The van der Waals surface area contributed by atoms with Gasteiger partial charge in [-0.1, -0.05) is 18.2 Å². The van der Waals surface area contributed by atoms with Crippen molar-refractivity contribution in [1.82, 2.24) is 24.4 Å². The highest BCUT2D eigenvalue weighted by Crippen LogP contribution is 2.26. The summed E-state index contributed by atoms with van der Waals surface area (Å²) in [6.45, 7) is 5.69. The summed E-state index contributed by atoms with van der Waals surface area (Å²) in [4.78, 5) is 40.3. The minimum absolute atomic E-state index is 0.0869. The van der Waals surface area contributed by atoms with Crippen molar-refractivity contribution in [2.45, 2.75) is 39.2 Å². The van der Waals surface area contributed by atoms with Gasteiger partial charge in [0.2, 0.25) is 5.91 Å². The van der Waals surface area contributed by atoms with Gasteiger partial charge in [-0.25, -0.2) is 15.0 Å². The lowest BCUT2D eigenvalue weighted by Gasteiger charge is -2.17. The van der Waals surface area contributed by atoms with Crippen molar-refractivity contribution in [2.75, 3.05) is 18.4 Å². The van der Waals surface area contributed by atoms with E-state index in [2.05, 4.69) is 20.3 Å². The first kappa shape index (κ1) is 20.7. The molecular formula is C23H26N6O2. The van der Waals surface area contributed by atoms with Gasteiger partial charge in [-0.3, -0.25) is 9.59 Å². The molecule has 0 saturated carbocycles. The topological polar surface area (TPSA) is 93.0 Å². The van der Waals surface area contributed by atoms with Crippen LogP contribution in [0.5, 0.6) is 0 Å². The second-order valence-corrected chi connectivity index (χ2v) is 7.79. The van der Waals surface area contributed by atoms with Crippen molar-refractivity contribution in [3.63, 3.8) is 0 Å². The quantitative estimate of drug-likeness (QED) is 0.664. The minimum Gasteiger partial charge on any atom is -0.342 e. The van der Waals surface area contributed by atoms with Crippen LogP contribution in [0.15, 0.2) is 48.9 Å². The van der Waals surface area contributed by atoms with Gasteiger partial charge in [-0.15, -0.1) is 0 Å². The molecule has 8 heteroatoms. The summed E-state index contributed by atoms with van der Waals surface area (Å²) in [5, 5.41) is 2.86. The van der Waals surface area contributed by atoms with Crippen LogP contribution >= 0.6 is 0 Å². The monoisotopic (exact) mass is 418 g/mol. The van der Waals surface area contributed by atoms with Crippen LogP contribution in [0.1, 0.15) is 46.5 Å². The van der Waals surface area contributed by atoms with E-state index in [0.29, 0.717) is 43.1 Å². The molecule has 160 valence electrons. The van der Waals surface area contributed by atoms with E-state index >= 15 is 0 Å². The van der Waals surface area contributed by atoms with Crippen LogP contribution in [0.4, 0.5) is 5.69 Å². The zero-order valence-corrected chi connectivity index (χ0v) is 17.8. The molecule has 2 amide bonds. The van der Waals surface area contributed by atoms with E-state index in [1.54, 1.807) is 12.4 Å². The molecule has 3 aromatic rings. The average Bonchev–Trinajstić information content (AvgIpc) is 3.42. The Morgan fingerprint density at radius 2 is 1.97 bits per heavy atom. The van der Waals surface area contributed by atoms with Crippen molar-refractivity contribution in [3.8, 4) is 0 Å². The van der Waals surface area contributed by atoms with E-state index in [-0.39, 0.29) is 17.7 Å². The summed E-state index contributed by atoms with van der Waals surface area (Å²) < 4.78 is 1.98. The second-order valence-electron chi connectivity index (χ2n) is 7.79. The zero-order valence-electron chi connectivity index (χ0n) is 17.8. The van der Waals surface area contributed by atoms with Gasteiger partial charge in [-0.2, -0.15) is 0 Å². The SMILES string of the molecule is Cc1nc(C2CCN(C(=O)CCn3ccnc3C)C2)ncc1C(=O)Nc1ccccc1. The summed E-state index contributed by atoms with van der Waals surface area (Å²) >= 11 is 0. The van der Waals surface area contributed by atoms with Gasteiger partial charge in [0.25, 0.3) is 5.91 Å². The van der Waals surface area contributed by atoms with Gasteiger partial charge in [0, 0.05) is 56.3 Å². The maximum absolute atomic E-state index is 12.6. The van der Waals surface area contributed by atoms with Crippen molar-refractivity contribution in [2.24, 2.45) is 0 Å². The van der Waals surface area contributed by atoms with Gasteiger partial charge >= 0.3 is 0 Å². The predicted molar refractivity (Wildman–Crippen MR) is 117 cm³/mol. The summed E-state index contributed by atoms with van der Waals surface area (Å²) in [5.74, 6) is 1.59. The summed E-state index contributed by atoms with van der Waals surface area (Å²) in [6.07, 6.45) is 6.49. The average molecular weight is 419 g/mol. The molecule has 1 unspecified atom stereocenters. The number of benzene rings is 1. The van der Waals surface area contributed by atoms with E-state index in [1.807, 2.05) is 59.8 Å². The number of imidazole rings is 1. The number of hydrogen-bond acceptors (Lipinski definition) is 5. The van der Waals surface area contributed by atoms with Gasteiger partial charge in [-0.05, 0) is 32.4 Å². The standard InChI is InChI=1S/C23H26N6O2/c1-16-20(23(31)27-19-6-4-3-5-7-19)14-25-22(26-16)18-8-11-29(15-18)21(30)9-12-28-13-10-24-17(28)2/h3-7,10,13-14,18H,8-9,11-12,15H2,1-2H3,(H,27,31). The first-order valence-corrected chi connectivity index (χ1v) is 10.5. The predicted octanol–water partition coefficient (Wildman–Crippen LogP) is 2.95. The Labute approximate surface area is 181 Å². The van der Waals surface area contributed by atoms with Crippen molar-refractivity contribution >= 4 is 17.5 Å². The number of aryl methyl sites for hydroxylation is 3. The van der Waals surface area contributed by atoms with Crippen molar-refractivity contribution in [3.05, 3.63) is 71.8 Å². The number of nitrogens with one attached hydrogen (secondary N) is 1. The molecule has 8 nitrogen and oxygen atoms in total. The molecular weight excluding hydrogens is 392 g/mol. The molecule has 4 rings (SSSR count). The van der Waals surface area contributed by atoms with Gasteiger partial charge < -0.3 is 14.8 Å². The third kappa shape index (κ3) is 4.79. The van der Waals surface area contributed by atoms with Crippen LogP contribution in [0, 0.1) is 13.8 Å². The Morgan fingerprint density at radius 3 is 2.68 bits per heavy atom. The lowest BCUT2D eigenvalue weighted by Crippen LogP contribution is -2.29. The number of hydrogen-bond donors (Lipinski definition) is 1. The largest absolute Gasteiger partial charge is 0.342 e. The number of rotatable bonds is 6. The lowest BCUT2D eigenvalue weighted by atomic mass is 10.1. The minimum atomic E-state index is -0.228. The number of anilines is 1. The summed E-state index contributed by atoms with van der Waals surface area (Å²) in [7, 11) is 0. The molecule has 0 spiro atoms. The summed E-state index contributed by atoms with van der Waals surface area (Å²) in [6, 6.07) is 9.30. The zero-order chi connectivity index (χ0) is 21.8. The van der Waals surface area contributed by atoms with Crippen molar-refractivity contribution < 1.29 is 9.59 Å². The number of carbonyl (C=O) groups excluding carboxylic acids is 2. The number of aromatic nitrogens is 4. The van der Waals surface area contributed by atoms with Crippen LogP contribution in [0.2, 0.25) is 0 Å². The van der Waals surface area contributed by atoms with Crippen LogP contribution in [0.25, 0.3) is 0 Å². The highest BCUT2D eigenvalue weighted by Gasteiger charge is 2.29. The number of likely N-dealkylation sites (tertiary alicyclic amines) is 1. The molecule has 1 N–H and O–H groups in total. The third-order valence-corrected chi connectivity index (χ3v) is 5.67. The van der Waals surface area contributed by atoms with Crippen LogP contribution in [-0.2, 0) is 11.3 Å². The molecule has 1 aromatic carbocycles. The molecule has 0 aliphatic carbocycles. The molecule has 31 heavy (non-hydrogen) atoms. The molecule has 2 aromatic heterocycles. The fraction of sp³-hybridized carbons (Fsp3) is 0.348. The number of carbonyl (C=O) groups is 2.